The highest BCUT2D eigenvalue weighted by Crippen LogP contribution is 2.45. The molecule has 3 N–H and O–H groups in total. The zero-order valence-corrected chi connectivity index (χ0v) is 54.0. The Balaban J connectivity index is 5.25. The van der Waals surface area contributed by atoms with Crippen molar-refractivity contribution in [2.75, 3.05) is 39.6 Å². The van der Waals surface area contributed by atoms with Crippen LogP contribution in [0.2, 0.25) is 0 Å². The first-order valence-corrected chi connectivity index (χ1v) is 35.4. The Morgan fingerprint density at radius 3 is 0.938 bits per heavy atom. The zero-order valence-electron chi connectivity index (χ0n) is 52.2. The van der Waals surface area contributed by atoms with Crippen molar-refractivity contribution in [2.45, 2.75) is 317 Å². The van der Waals surface area contributed by atoms with Crippen molar-refractivity contribution in [2.24, 2.45) is 17.8 Å². The van der Waals surface area contributed by atoms with Crippen LogP contribution in [0.15, 0.2) is 0 Å². The molecule has 0 fully saturated rings. The van der Waals surface area contributed by atoms with Gasteiger partial charge < -0.3 is 33.8 Å². The number of ether oxygens (including phenoxy) is 4. The van der Waals surface area contributed by atoms with Crippen molar-refractivity contribution < 1.29 is 80.2 Å². The predicted octanol–water partition coefficient (Wildman–Crippen LogP) is 16.7. The SMILES string of the molecule is CCCCCCCCCCCCCC(=O)OC[C@H](COP(=O)(O)OC[C@@H](O)COP(=O)(O)OC[C@@H](COC(=O)CCCCCCCCC(C)C)OC(=O)CCCCCCCCC(C)CC)OC(=O)CCCCCCCCCCC(C)C. The van der Waals surface area contributed by atoms with Crippen LogP contribution < -0.4 is 0 Å². The second kappa shape index (κ2) is 53.5. The Labute approximate surface area is 492 Å². The van der Waals surface area contributed by atoms with E-state index >= 15 is 0 Å². The first kappa shape index (κ1) is 79.1. The van der Waals surface area contributed by atoms with Crippen molar-refractivity contribution >= 4 is 39.5 Å². The molecule has 0 bridgehead atoms. The largest absolute Gasteiger partial charge is 0.472 e. The average Bonchev–Trinajstić information content (AvgIpc) is 3.42. The molecule has 6 atom stereocenters. The van der Waals surface area contributed by atoms with Gasteiger partial charge in [-0.1, -0.05) is 248 Å². The van der Waals surface area contributed by atoms with Crippen LogP contribution in [-0.4, -0.2) is 96.7 Å². The van der Waals surface area contributed by atoms with Crippen LogP contribution in [-0.2, 0) is 65.4 Å². The smallest absolute Gasteiger partial charge is 0.462 e. The van der Waals surface area contributed by atoms with E-state index in [4.69, 9.17) is 37.0 Å². The Bertz CT molecular complexity index is 1620. The highest BCUT2D eigenvalue weighted by molar-refractivity contribution is 7.47. The van der Waals surface area contributed by atoms with E-state index in [9.17, 15) is 43.2 Å². The molecule has 3 unspecified atom stereocenters. The number of rotatable bonds is 60. The van der Waals surface area contributed by atoms with Gasteiger partial charge in [-0.15, -0.1) is 0 Å². The average molecular weight is 1200 g/mol. The molecule has 0 aromatic heterocycles. The van der Waals surface area contributed by atoms with Crippen LogP contribution in [0.25, 0.3) is 0 Å². The van der Waals surface area contributed by atoms with Gasteiger partial charge in [0.05, 0.1) is 26.4 Å². The van der Waals surface area contributed by atoms with Gasteiger partial charge in [0.15, 0.2) is 12.2 Å². The summed E-state index contributed by atoms with van der Waals surface area (Å²) in [5, 5.41) is 10.5. The third-order valence-corrected chi connectivity index (χ3v) is 16.4. The van der Waals surface area contributed by atoms with Gasteiger partial charge in [0, 0.05) is 25.7 Å². The molecule has 0 saturated heterocycles. The minimum Gasteiger partial charge on any atom is -0.462 e. The second-order valence-electron chi connectivity index (χ2n) is 23.6. The molecular weight excluding hydrogens is 1080 g/mol. The maximum absolute atomic E-state index is 12.9. The van der Waals surface area contributed by atoms with Gasteiger partial charge >= 0.3 is 39.5 Å². The van der Waals surface area contributed by atoms with Crippen LogP contribution in [0.1, 0.15) is 299 Å². The van der Waals surface area contributed by atoms with Gasteiger partial charge in [-0.3, -0.25) is 37.3 Å². The van der Waals surface area contributed by atoms with E-state index in [1.54, 1.807) is 0 Å². The predicted molar refractivity (Wildman–Crippen MR) is 321 cm³/mol. The molecule has 0 aliphatic heterocycles. The molecule has 0 rings (SSSR count). The summed E-state index contributed by atoms with van der Waals surface area (Å²) < 4.78 is 67.9. The highest BCUT2D eigenvalue weighted by atomic mass is 31.2. The van der Waals surface area contributed by atoms with Crippen molar-refractivity contribution in [3.05, 3.63) is 0 Å². The van der Waals surface area contributed by atoms with Gasteiger partial charge in [-0.05, 0) is 43.4 Å². The Morgan fingerprint density at radius 1 is 0.358 bits per heavy atom. The van der Waals surface area contributed by atoms with E-state index in [0.29, 0.717) is 31.6 Å². The third kappa shape index (κ3) is 55.7. The summed E-state index contributed by atoms with van der Waals surface area (Å²) in [6, 6.07) is 0. The molecule has 0 radical (unpaired) electrons. The summed E-state index contributed by atoms with van der Waals surface area (Å²) in [5.74, 6) is -0.0258. The van der Waals surface area contributed by atoms with Crippen molar-refractivity contribution in [1.82, 2.24) is 0 Å². The number of unbranched alkanes of at least 4 members (excludes halogenated alkanes) is 27. The van der Waals surface area contributed by atoms with Gasteiger partial charge in [-0.2, -0.15) is 0 Å². The molecule has 0 aliphatic carbocycles. The summed E-state index contributed by atoms with van der Waals surface area (Å²) >= 11 is 0. The van der Waals surface area contributed by atoms with Gasteiger partial charge in [0.1, 0.15) is 19.3 Å². The van der Waals surface area contributed by atoms with Crippen LogP contribution in [0.3, 0.4) is 0 Å². The van der Waals surface area contributed by atoms with Gasteiger partial charge in [0.2, 0.25) is 0 Å². The molecule has 19 heteroatoms. The summed E-state index contributed by atoms with van der Waals surface area (Å²) in [7, 11) is -9.88. The second-order valence-corrected chi connectivity index (χ2v) is 26.5. The lowest BCUT2D eigenvalue weighted by Gasteiger charge is -2.21. The lowest BCUT2D eigenvalue weighted by molar-refractivity contribution is -0.161. The number of aliphatic hydroxyl groups excluding tert-OH is 1. The van der Waals surface area contributed by atoms with E-state index in [1.165, 1.54) is 103 Å². The molecule has 0 amide bonds. The molecule has 17 nitrogen and oxygen atoms in total. The number of hydrogen-bond acceptors (Lipinski definition) is 15. The van der Waals surface area contributed by atoms with Gasteiger partial charge in [-0.25, -0.2) is 9.13 Å². The fraction of sp³-hybridized carbons (Fsp3) is 0.935. The highest BCUT2D eigenvalue weighted by Gasteiger charge is 2.30. The van der Waals surface area contributed by atoms with E-state index in [1.807, 2.05) is 0 Å². The summed E-state index contributed by atoms with van der Waals surface area (Å²) in [4.78, 5) is 72.1. The summed E-state index contributed by atoms with van der Waals surface area (Å²) in [6.45, 7) is 11.6. The minimum atomic E-state index is -4.94. The molecule has 0 spiro atoms. The molecule has 0 aromatic carbocycles. The van der Waals surface area contributed by atoms with Crippen LogP contribution in [0.5, 0.6) is 0 Å². The Morgan fingerprint density at radius 2 is 0.630 bits per heavy atom. The first-order chi connectivity index (χ1) is 38.8. The zero-order chi connectivity index (χ0) is 60.3. The maximum atomic E-state index is 12.9. The van der Waals surface area contributed by atoms with E-state index < -0.39 is 97.5 Å². The minimum absolute atomic E-state index is 0.101. The first-order valence-electron chi connectivity index (χ1n) is 32.4. The summed E-state index contributed by atoms with van der Waals surface area (Å²) in [6.07, 6.45) is 33.6. The Hall–Kier alpha value is -1.94. The van der Waals surface area contributed by atoms with E-state index in [2.05, 4.69) is 48.5 Å². The van der Waals surface area contributed by atoms with E-state index in [-0.39, 0.29) is 25.7 Å². The monoisotopic (exact) mass is 1200 g/mol. The summed E-state index contributed by atoms with van der Waals surface area (Å²) in [5.41, 5.74) is 0. The van der Waals surface area contributed by atoms with Crippen LogP contribution in [0, 0.1) is 17.8 Å². The quantitative estimate of drug-likeness (QED) is 0.0222. The third-order valence-electron chi connectivity index (χ3n) is 14.5. The van der Waals surface area contributed by atoms with Crippen LogP contribution in [0.4, 0.5) is 0 Å². The van der Waals surface area contributed by atoms with Crippen LogP contribution >= 0.6 is 15.6 Å². The van der Waals surface area contributed by atoms with Gasteiger partial charge in [0.25, 0.3) is 0 Å². The number of hydrogen-bond donors (Lipinski definition) is 3. The van der Waals surface area contributed by atoms with Crippen molar-refractivity contribution in [1.29, 1.82) is 0 Å². The molecular formula is C62H120O17P2. The number of phosphoric acid groups is 2. The number of carbonyl (C=O) groups is 4. The van der Waals surface area contributed by atoms with E-state index in [0.717, 1.165) is 108 Å². The molecule has 0 saturated carbocycles. The lowest BCUT2D eigenvalue weighted by Crippen LogP contribution is -2.30. The fourth-order valence-electron chi connectivity index (χ4n) is 9.09. The standard InChI is InChI=1S/C62H120O17P2/c1-8-10-11-12-13-14-15-16-20-29-36-43-59(64)72-49-57(78-61(66)45-38-31-21-18-17-19-26-33-40-53(3)4)51-76-80(68,69)74-47-56(63)48-75-81(70,71)77-52-58(50-73-60(65)44-37-30-24-22-27-34-41-54(5)6)79-62(67)46-39-32-25-23-28-35-42-55(7)9-2/h53-58,63H,8-52H2,1-7H3,(H,68,69)(H,70,71)/t55?,56-,57-,58-/m1/s1. The Kier molecular flexibility index (Phi) is 52.2. The number of phosphoric ester groups is 2. The normalized spacial score (nSPS) is 14.8. The maximum Gasteiger partial charge on any atom is 0.472 e. The van der Waals surface area contributed by atoms with Crippen molar-refractivity contribution in [3.63, 3.8) is 0 Å². The molecule has 0 heterocycles. The molecule has 0 aromatic rings. The van der Waals surface area contributed by atoms with Crippen molar-refractivity contribution in [3.8, 4) is 0 Å². The molecule has 480 valence electrons. The number of carbonyl (C=O) groups excluding carboxylic acids is 4. The topological polar surface area (TPSA) is 237 Å². The molecule has 81 heavy (non-hydrogen) atoms. The fourth-order valence-corrected chi connectivity index (χ4v) is 10.7. The number of aliphatic hydroxyl groups is 1. The number of esters is 4. The lowest BCUT2D eigenvalue weighted by atomic mass is 10.00. The molecule has 0 aliphatic rings.